The molecule has 0 unspecified atom stereocenters. The number of thiophene rings is 1. The molecule has 0 aliphatic carbocycles. The molecule has 9 nitrogen and oxygen atoms in total. The Labute approximate surface area is 207 Å². The van der Waals surface area contributed by atoms with Gasteiger partial charge in [-0.05, 0) is 48.5 Å². The topological polar surface area (TPSA) is 133 Å². The van der Waals surface area contributed by atoms with Crippen molar-refractivity contribution in [3.63, 3.8) is 0 Å². The average Bonchev–Trinajstić information content (AvgIpc) is 3.26. The van der Waals surface area contributed by atoms with E-state index in [9.17, 15) is 27.7 Å². The van der Waals surface area contributed by atoms with Crippen LogP contribution >= 0.6 is 22.9 Å². The van der Waals surface area contributed by atoms with Crippen molar-refractivity contribution >= 4 is 61.1 Å². The van der Waals surface area contributed by atoms with E-state index in [0.29, 0.717) is 11.1 Å². The SMILES string of the molecule is CNc1c(F)cc2c(=O)n(-c3ccc(NC(=O)NS(=O)(=O)c4ccc(Cl)s4)cc3)ccc2c1C#N. The van der Waals surface area contributed by atoms with Crippen molar-refractivity contribution in [1.29, 1.82) is 5.26 Å². The van der Waals surface area contributed by atoms with Crippen molar-refractivity contribution in [2.24, 2.45) is 0 Å². The summed E-state index contributed by atoms with van der Waals surface area (Å²) in [6.45, 7) is 0. The minimum absolute atomic E-state index is 0.00930. The number of nitriles is 1. The minimum Gasteiger partial charge on any atom is -0.385 e. The normalized spacial score (nSPS) is 11.1. The fourth-order valence-corrected chi connectivity index (χ4v) is 5.79. The van der Waals surface area contributed by atoms with Gasteiger partial charge in [0.2, 0.25) is 0 Å². The molecule has 178 valence electrons. The van der Waals surface area contributed by atoms with Crippen LogP contribution in [0.1, 0.15) is 5.56 Å². The molecule has 4 rings (SSSR count). The highest BCUT2D eigenvalue weighted by atomic mass is 35.5. The lowest BCUT2D eigenvalue weighted by molar-refractivity contribution is 0.256. The summed E-state index contributed by atoms with van der Waals surface area (Å²) in [4.78, 5) is 25.2. The first-order valence-electron chi connectivity index (χ1n) is 9.80. The maximum absolute atomic E-state index is 14.4. The summed E-state index contributed by atoms with van der Waals surface area (Å²) in [5.74, 6) is -0.725. The quantitative estimate of drug-likeness (QED) is 0.352. The van der Waals surface area contributed by atoms with Crippen LogP contribution in [-0.2, 0) is 10.0 Å². The summed E-state index contributed by atoms with van der Waals surface area (Å²) >= 11 is 6.55. The van der Waals surface area contributed by atoms with Crippen LogP contribution in [0.5, 0.6) is 0 Å². The number of rotatable bonds is 5. The number of amides is 2. The van der Waals surface area contributed by atoms with E-state index in [0.717, 1.165) is 17.4 Å². The third kappa shape index (κ3) is 4.69. The molecule has 2 amide bonds. The molecule has 2 heterocycles. The first-order chi connectivity index (χ1) is 16.6. The molecule has 0 bridgehead atoms. The largest absolute Gasteiger partial charge is 0.385 e. The number of hydrogen-bond acceptors (Lipinski definition) is 7. The summed E-state index contributed by atoms with van der Waals surface area (Å²) in [7, 11) is -2.60. The molecular formula is C22H15ClFN5O4S2. The monoisotopic (exact) mass is 531 g/mol. The summed E-state index contributed by atoms with van der Waals surface area (Å²) in [5, 5.41) is 14.8. The van der Waals surface area contributed by atoms with Crippen LogP contribution in [0, 0.1) is 17.1 Å². The molecule has 0 saturated heterocycles. The Hall–Kier alpha value is -3.92. The standard InChI is InChI=1S/C22H15ClFN5O4S2/c1-26-20-16(11-25)14-8-9-29(21(30)15(14)10-17(20)24)13-4-2-12(3-5-13)27-22(31)28-35(32,33)19-7-6-18(23)34-19/h2-10,26H,1H3,(H2,27,28,31). The van der Waals surface area contributed by atoms with E-state index in [1.807, 2.05) is 10.8 Å². The van der Waals surface area contributed by atoms with E-state index >= 15 is 0 Å². The number of pyridine rings is 1. The number of carbonyl (C=O) groups excluding carboxylic acids is 1. The smallest absolute Gasteiger partial charge is 0.333 e. The molecule has 0 atom stereocenters. The molecule has 13 heteroatoms. The van der Waals surface area contributed by atoms with Gasteiger partial charge in [-0.3, -0.25) is 9.36 Å². The Balaban J connectivity index is 1.58. The number of nitrogens with zero attached hydrogens (tertiary/aromatic N) is 2. The van der Waals surface area contributed by atoms with Crippen LogP contribution < -0.4 is 20.9 Å². The van der Waals surface area contributed by atoms with E-state index in [4.69, 9.17) is 11.6 Å². The number of hydrogen-bond donors (Lipinski definition) is 3. The molecule has 0 aliphatic heterocycles. The maximum Gasteiger partial charge on any atom is 0.333 e. The lowest BCUT2D eigenvalue weighted by atomic mass is 10.0. The van der Waals surface area contributed by atoms with Gasteiger partial charge in [0.1, 0.15) is 16.1 Å². The molecule has 0 spiro atoms. The zero-order chi connectivity index (χ0) is 25.3. The molecular weight excluding hydrogens is 517 g/mol. The predicted molar refractivity (Wildman–Crippen MR) is 132 cm³/mol. The van der Waals surface area contributed by atoms with Gasteiger partial charge in [0, 0.05) is 30.0 Å². The van der Waals surface area contributed by atoms with Gasteiger partial charge in [0.15, 0.2) is 0 Å². The average molecular weight is 532 g/mol. The Morgan fingerprint density at radius 3 is 2.46 bits per heavy atom. The van der Waals surface area contributed by atoms with E-state index in [1.54, 1.807) is 0 Å². The third-order valence-corrected chi connectivity index (χ3v) is 8.02. The number of nitrogens with one attached hydrogen (secondary N) is 3. The fraction of sp³-hybridized carbons (Fsp3) is 0.0455. The molecule has 0 aliphatic rings. The highest BCUT2D eigenvalue weighted by Crippen LogP contribution is 2.28. The van der Waals surface area contributed by atoms with Crippen molar-refractivity contribution in [3.8, 4) is 11.8 Å². The Morgan fingerprint density at radius 2 is 1.86 bits per heavy atom. The van der Waals surface area contributed by atoms with Gasteiger partial charge >= 0.3 is 6.03 Å². The molecule has 2 aromatic heterocycles. The molecule has 35 heavy (non-hydrogen) atoms. The number of urea groups is 1. The van der Waals surface area contributed by atoms with Crippen molar-refractivity contribution in [3.05, 3.63) is 80.8 Å². The lowest BCUT2D eigenvalue weighted by Crippen LogP contribution is -2.33. The summed E-state index contributed by atoms with van der Waals surface area (Å²) in [5.41, 5.74) is 0.156. The van der Waals surface area contributed by atoms with Crippen LogP contribution in [-0.4, -0.2) is 26.1 Å². The van der Waals surface area contributed by atoms with Gasteiger partial charge in [-0.15, -0.1) is 11.3 Å². The van der Waals surface area contributed by atoms with Crippen LogP contribution in [0.2, 0.25) is 4.34 Å². The van der Waals surface area contributed by atoms with Gasteiger partial charge in [-0.2, -0.15) is 5.26 Å². The van der Waals surface area contributed by atoms with Gasteiger partial charge in [-0.25, -0.2) is 22.3 Å². The molecule has 0 fully saturated rings. The molecule has 0 radical (unpaired) electrons. The summed E-state index contributed by atoms with van der Waals surface area (Å²) in [6.07, 6.45) is 1.46. The van der Waals surface area contributed by atoms with Gasteiger partial charge < -0.3 is 10.6 Å². The van der Waals surface area contributed by atoms with Gasteiger partial charge in [0.05, 0.1) is 21.0 Å². The van der Waals surface area contributed by atoms with Crippen molar-refractivity contribution in [2.75, 3.05) is 17.7 Å². The van der Waals surface area contributed by atoms with E-state index in [1.165, 1.54) is 60.3 Å². The van der Waals surface area contributed by atoms with Crippen LogP contribution in [0.4, 0.5) is 20.6 Å². The second kappa shape index (κ2) is 9.38. The molecule has 4 aromatic rings. The molecule has 3 N–H and O–H groups in total. The number of anilines is 2. The fourth-order valence-electron chi connectivity index (χ4n) is 3.40. The number of benzene rings is 2. The Kier molecular flexibility index (Phi) is 6.49. The number of aromatic nitrogens is 1. The number of sulfonamides is 1. The van der Waals surface area contributed by atoms with Crippen molar-refractivity contribution in [1.82, 2.24) is 9.29 Å². The molecule has 0 saturated carbocycles. The maximum atomic E-state index is 14.4. The highest BCUT2D eigenvalue weighted by Gasteiger charge is 2.20. The lowest BCUT2D eigenvalue weighted by Gasteiger charge is -2.12. The van der Waals surface area contributed by atoms with Crippen LogP contribution in [0.3, 0.4) is 0 Å². The summed E-state index contributed by atoms with van der Waals surface area (Å²) in [6, 6.07) is 12.2. The zero-order valence-electron chi connectivity index (χ0n) is 17.8. The second-order valence-electron chi connectivity index (χ2n) is 7.09. The predicted octanol–water partition coefficient (Wildman–Crippen LogP) is 4.27. The van der Waals surface area contributed by atoms with Crippen molar-refractivity contribution in [2.45, 2.75) is 4.21 Å². The van der Waals surface area contributed by atoms with E-state index in [2.05, 4.69) is 10.6 Å². The first kappa shape index (κ1) is 24.2. The zero-order valence-corrected chi connectivity index (χ0v) is 20.2. The second-order valence-corrected chi connectivity index (χ2v) is 10.7. The van der Waals surface area contributed by atoms with Gasteiger partial charge in [0.25, 0.3) is 15.6 Å². The highest BCUT2D eigenvalue weighted by molar-refractivity contribution is 7.92. The number of fused-ring (bicyclic) bond motifs is 1. The first-order valence-corrected chi connectivity index (χ1v) is 12.5. The summed E-state index contributed by atoms with van der Waals surface area (Å²) < 4.78 is 42.2. The van der Waals surface area contributed by atoms with Gasteiger partial charge in [-0.1, -0.05) is 11.6 Å². The van der Waals surface area contributed by atoms with Crippen molar-refractivity contribution < 1.29 is 17.6 Å². The minimum atomic E-state index is -4.08. The van der Waals surface area contributed by atoms with Crippen LogP contribution in [0.25, 0.3) is 16.5 Å². The number of halogens is 2. The number of carbonyl (C=O) groups is 1. The van der Waals surface area contributed by atoms with E-state index in [-0.39, 0.29) is 30.9 Å². The Bertz CT molecular complexity index is 1680. The van der Waals surface area contributed by atoms with E-state index < -0.39 is 27.4 Å². The van der Waals surface area contributed by atoms with Crippen LogP contribution in [0.15, 0.2) is 63.7 Å². The third-order valence-electron chi connectivity index (χ3n) is 4.96. The molecule has 2 aromatic carbocycles. The Morgan fingerprint density at radius 1 is 1.14 bits per heavy atom.